The molecule has 0 saturated heterocycles. The first-order chi connectivity index (χ1) is 9.70. The van der Waals surface area contributed by atoms with Crippen LogP contribution in [0.25, 0.3) is 0 Å². The number of hydrogen-bond donors (Lipinski definition) is 1. The maximum atomic E-state index is 12.3. The van der Waals surface area contributed by atoms with Crippen LogP contribution in [-0.4, -0.2) is 11.2 Å². The van der Waals surface area contributed by atoms with Gasteiger partial charge in [-0.05, 0) is 25.1 Å². The summed E-state index contributed by atoms with van der Waals surface area (Å²) < 4.78 is 31.2. The highest BCUT2D eigenvalue weighted by Crippen LogP contribution is 2.20. The number of nitrogens with zero attached hydrogens (tertiary/aromatic N) is 1. The van der Waals surface area contributed by atoms with E-state index in [9.17, 15) is 8.78 Å². The van der Waals surface area contributed by atoms with Gasteiger partial charge in [-0.1, -0.05) is 18.2 Å². The Morgan fingerprint density at radius 1 is 1.15 bits per heavy atom. The number of hydrogen-bond acceptors (Lipinski definition) is 2. The largest absolute Gasteiger partial charge is 0.434 e. The summed E-state index contributed by atoms with van der Waals surface area (Å²) >= 11 is 0. The van der Waals surface area contributed by atoms with Crippen molar-refractivity contribution in [1.82, 2.24) is 9.88 Å². The van der Waals surface area contributed by atoms with Gasteiger partial charge in [0.1, 0.15) is 5.75 Å². The topological polar surface area (TPSA) is 26.2 Å². The van der Waals surface area contributed by atoms with Crippen molar-refractivity contribution in [3.63, 3.8) is 0 Å². The Kier molecular flexibility index (Phi) is 5.12. The number of benzene rings is 1. The molecular weight excluding hydrogens is 262 g/mol. The van der Waals surface area contributed by atoms with E-state index in [4.69, 9.17) is 0 Å². The quantitative estimate of drug-likeness (QED) is 0.841. The molecule has 0 aliphatic rings. The van der Waals surface area contributed by atoms with Crippen molar-refractivity contribution in [2.45, 2.75) is 33.2 Å². The molecule has 0 spiro atoms. The predicted octanol–water partition coefficient (Wildman–Crippen LogP) is 3.40. The van der Waals surface area contributed by atoms with Crippen molar-refractivity contribution in [3.8, 4) is 5.75 Å². The maximum Gasteiger partial charge on any atom is 0.387 e. The zero-order valence-corrected chi connectivity index (χ0v) is 11.4. The molecule has 5 heteroatoms. The fraction of sp³-hybridized carbons (Fsp3) is 0.333. The van der Waals surface area contributed by atoms with Crippen LogP contribution in [-0.2, 0) is 19.6 Å². The van der Waals surface area contributed by atoms with Crippen LogP contribution in [0.2, 0.25) is 0 Å². The summed E-state index contributed by atoms with van der Waals surface area (Å²) in [6.45, 7) is 1.36. The average molecular weight is 280 g/mol. The molecule has 2 aromatic rings. The molecule has 0 bridgehead atoms. The lowest BCUT2D eigenvalue weighted by Crippen LogP contribution is -2.16. The average Bonchev–Trinajstić information content (AvgIpc) is 2.87. The molecule has 0 aliphatic carbocycles. The van der Waals surface area contributed by atoms with Crippen LogP contribution in [0.15, 0.2) is 42.6 Å². The van der Waals surface area contributed by atoms with Gasteiger partial charge in [0.25, 0.3) is 0 Å². The van der Waals surface area contributed by atoms with Crippen molar-refractivity contribution >= 4 is 0 Å². The second kappa shape index (κ2) is 7.05. The molecule has 1 heterocycles. The highest BCUT2D eigenvalue weighted by Gasteiger charge is 2.08. The number of nitrogens with one attached hydrogen (secondary N) is 1. The lowest BCUT2D eigenvalue weighted by Gasteiger charge is -2.12. The smallest absolute Gasteiger partial charge is 0.387 e. The number of rotatable bonds is 7. The molecule has 1 aromatic heterocycles. The Balaban J connectivity index is 1.94. The molecule has 0 amide bonds. The molecule has 0 aliphatic heterocycles. The molecular formula is C15H18F2N2O. The minimum atomic E-state index is -2.80. The van der Waals surface area contributed by atoms with Crippen LogP contribution in [0.5, 0.6) is 5.75 Å². The van der Waals surface area contributed by atoms with Crippen molar-refractivity contribution in [1.29, 1.82) is 0 Å². The van der Waals surface area contributed by atoms with Gasteiger partial charge in [-0.15, -0.1) is 0 Å². The van der Waals surface area contributed by atoms with Gasteiger partial charge in [0.15, 0.2) is 0 Å². The van der Waals surface area contributed by atoms with Crippen LogP contribution in [0.1, 0.15) is 18.2 Å². The molecule has 1 aromatic carbocycles. The van der Waals surface area contributed by atoms with Gasteiger partial charge in [0.05, 0.1) is 0 Å². The van der Waals surface area contributed by atoms with Crippen molar-refractivity contribution < 1.29 is 13.5 Å². The Hall–Kier alpha value is -1.88. The second-order valence-corrected chi connectivity index (χ2v) is 4.38. The SMILES string of the molecule is CCn1cccc1CNCc1ccccc1OC(F)F. The number of para-hydroxylation sites is 1. The zero-order valence-electron chi connectivity index (χ0n) is 11.4. The van der Waals surface area contributed by atoms with Crippen molar-refractivity contribution in [3.05, 3.63) is 53.9 Å². The van der Waals surface area contributed by atoms with Crippen LogP contribution in [0, 0.1) is 0 Å². The van der Waals surface area contributed by atoms with Gasteiger partial charge in [-0.2, -0.15) is 8.78 Å². The lowest BCUT2D eigenvalue weighted by atomic mass is 10.2. The molecule has 0 radical (unpaired) electrons. The number of alkyl halides is 2. The minimum absolute atomic E-state index is 0.223. The van der Waals surface area contributed by atoms with Gasteiger partial charge < -0.3 is 14.6 Å². The third-order valence-electron chi connectivity index (χ3n) is 3.07. The molecule has 20 heavy (non-hydrogen) atoms. The molecule has 2 rings (SSSR count). The van der Waals surface area contributed by atoms with E-state index in [-0.39, 0.29) is 5.75 Å². The van der Waals surface area contributed by atoms with Gasteiger partial charge in [0, 0.05) is 37.1 Å². The summed E-state index contributed by atoms with van der Waals surface area (Å²) in [5.41, 5.74) is 1.89. The maximum absolute atomic E-state index is 12.3. The molecule has 0 fully saturated rings. The lowest BCUT2D eigenvalue weighted by molar-refractivity contribution is -0.0505. The van der Waals surface area contributed by atoms with E-state index in [1.165, 1.54) is 5.69 Å². The minimum Gasteiger partial charge on any atom is -0.434 e. The van der Waals surface area contributed by atoms with E-state index in [1.807, 2.05) is 24.4 Å². The van der Waals surface area contributed by atoms with E-state index in [0.717, 1.165) is 12.1 Å². The van der Waals surface area contributed by atoms with Gasteiger partial charge >= 0.3 is 6.61 Å². The van der Waals surface area contributed by atoms with E-state index in [2.05, 4.69) is 21.5 Å². The molecule has 108 valence electrons. The predicted molar refractivity (Wildman–Crippen MR) is 73.7 cm³/mol. The fourth-order valence-corrected chi connectivity index (χ4v) is 2.10. The van der Waals surface area contributed by atoms with Gasteiger partial charge in [0.2, 0.25) is 0 Å². The summed E-state index contributed by atoms with van der Waals surface area (Å²) in [5, 5.41) is 3.25. The van der Waals surface area contributed by atoms with E-state index >= 15 is 0 Å². The standard InChI is InChI=1S/C15H18F2N2O/c1-2-19-9-5-7-13(19)11-18-10-12-6-3-4-8-14(12)20-15(16)17/h3-9,15,18H,2,10-11H2,1H3. The summed E-state index contributed by atoms with van der Waals surface area (Å²) in [6, 6.07) is 10.9. The van der Waals surface area contributed by atoms with E-state index < -0.39 is 6.61 Å². The molecule has 3 nitrogen and oxygen atoms in total. The highest BCUT2D eigenvalue weighted by molar-refractivity contribution is 5.33. The third-order valence-corrected chi connectivity index (χ3v) is 3.07. The third kappa shape index (κ3) is 3.81. The number of ether oxygens (including phenoxy) is 1. The second-order valence-electron chi connectivity index (χ2n) is 4.38. The van der Waals surface area contributed by atoms with Crippen molar-refractivity contribution in [2.24, 2.45) is 0 Å². The molecule has 0 saturated carbocycles. The van der Waals surface area contributed by atoms with E-state index in [1.54, 1.807) is 18.2 Å². The Morgan fingerprint density at radius 3 is 2.70 bits per heavy atom. The van der Waals surface area contributed by atoms with E-state index in [0.29, 0.717) is 13.1 Å². The monoisotopic (exact) mass is 280 g/mol. The first-order valence-electron chi connectivity index (χ1n) is 6.58. The summed E-state index contributed by atoms with van der Waals surface area (Å²) in [7, 11) is 0. The zero-order chi connectivity index (χ0) is 14.4. The Morgan fingerprint density at radius 2 is 1.95 bits per heavy atom. The fourth-order valence-electron chi connectivity index (χ4n) is 2.10. The molecule has 0 unspecified atom stereocenters. The van der Waals surface area contributed by atoms with Crippen molar-refractivity contribution in [2.75, 3.05) is 0 Å². The Bertz CT molecular complexity index is 540. The number of aromatic nitrogens is 1. The first kappa shape index (κ1) is 14.5. The first-order valence-corrected chi connectivity index (χ1v) is 6.58. The van der Waals surface area contributed by atoms with Crippen LogP contribution < -0.4 is 10.1 Å². The van der Waals surface area contributed by atoms with Gasteiger partial charge in [-0.3, -0.25) is 0 Å². The van der Waals surface area contributed by atoms with Crippen LogP contribution in [0.3, 0.4) is 0 Å². The summed E-state index contributed by atoms with van der Waals surface area (Å²) in [5.74, 6) is 0.223. The normalized spacial score (nSPS) is 11.0. The molecule has 0 atom stereocenters. The highest BCUT2D eigenvalue weighted by atomic mass is 19.3. The summed E-state index contributed by atoms with van der Waals surface area (Å²) in [4.78, 5) is 0. The van der Waals surface area contributed by atoms with Crippen LogP contribution in [0.4, 0.5) is 8.78 Å². The number of aryl methyl sites for hydroxylation is 1. The summed E-state index contributed by atoms with van der Waals surface area (Å²) in [6.07, 6.45) is 2.02. The molecule has 1 N–H and O–H groups in total. The Labute approximate surface area is 117 Å². The van der Waals surface area contributed by atoms with Gasteiger partial charge in [-0.25, -0.2) is 0 Å². The number of halogens is 2. The van der Waals surface area contributed by atoms with Crippen LogP contribution >= 0.6 is 0 Å².